The van der Waals surface area contributed by atoms with Gasteiger partial charge in [-0.25, -0.2) is 14.2 Å². The molecule has 1 aromatic heterocycles. The molecule has 1 fully saturated rings. The van der Waals surface area contributed by atoms with Gasteiger partial charge in [0.1, 0.15) is 18.3 Å². The van der Waals surface area contributed by atoms with Crippen molar-refractivity contribution in [3.63, 3.8) is 0 Å². The maximum atomic E-state index is 13.8. The highest BCUT2D eigenvalue weighted by Crippen LogP contribution is 2.23. The minimum absolute atomic E-state index is 0.0407. The molecule has 1 amide bonds. The fraction of sp³-hybridized carbons (Fsp3) is 0.455. The number of piperidine rings is 1. The molecule has 0 unspecified atom stereocenters. The van der Waals surface area contributed by atoms with Crippen LogP contribution in [0, 0.1) is 5.82 Å². The molecule has 8 heteroatoms. The van der Waals surface area contributed by atoms with Crippen molar-refractivity contribution in [3.05, 3.63) is 52.9 Å². The lowest BCUT2D eigenvalue weighted by molar-refractivity contribution is 0.0123. The third-order valence-corrected chi connectivity index (χ3v) is 4.67. The average molecular weight is 437 g/mol. The van der Waals surface area contributed by atoms with Crippen molar-refractivity contribution in [2.24, 2.45) is 0 Å². The molecular weight excluding hydrogens is 411 g/mol. The van der Waals surface area contributed by atoms with E-state index in [-0.39, 0.29) is 24.6 Å². The Morgan fingerprint density at radius 3 is 2.63 bits per heavy atom. The Labute approximate surface area is 180 Å². The summed E-state index contributed by atoms with van der Waals surface area (Å²) >= 11 is 5.75. The Kier molecular flexibility index (Phi) is 7.02. The first-order valence-electron chi connectivity index (χ1n) is 9.88. The van der Waals surface area contributed by atoms with E-state index in [2.05, 4.69) is 4.98 Å². The lowest BCUT2D eigenvalue weighted by Crippen LogP contribution is -2.44. The van der Waals surface area contributed by atoms with Gasteiger partial charge in [0.15, 0.2) is 11.6 Å². The van der Waals surface area contributed by atoms with Crippen molar-refractivity contribution in [1.29, 1.82) is 0 Å². The number of aromatic nitrogens is 1. The summed E-state index contributed by atoms with van der Waals surface area (Å²) in [6.45, 7) is 6.79. The molecule has 162 valence electrons. The van der Waals surface area contributed by atoms with Gasteiger partial charge in [-0.2, -0.15) is 0 Å². The van der Waals surface area contributed by atoms with Crippen LogP contribution in [0.1, 0.15) is 39.3 Å². The molecule has 2 heterocycles. The van der Waals surface area contributed by atoms with Crippen LogP contribution in [0.3, 0.4) is 0 Å². The number of ether oxygens (including phenoxy) is 3. The van der Waals surface area contributed by atoms with Gasteiger partial charge in [0.25, 0.3) is 0 Å². The number of halogens is 2. The number of pyridine rings is 1. The second kappa shape index (κ2) is 9.51. The first kappa shape index (κ1) is 22.2. The van der Waals surface area contributed by atoms with Crippen LogP contribution in [0.4, 0.5) is 9.18 Å². The second-order valence-electron chi connectivity index (χ2n) is 8.12. The first-order valence-corrected chi connectivity index (χ1v) is 10.3. The van der Waals surface area contributed by atoms with Gasteiger partial charge in [0, 0.05) is 37.0 Å². The largest absolute Gasteiger partial charge is 0.484 e. The fourth-order valence-corrected chi connectivity index (χ4v) is 3.16. The summed E-state index contributed by atoms with van der Waals surface area (Å²) in [7, 11) is 0. The molecule has 1 aliphatic rings. The highest BCUT2D eigenvalue weighted by Gasteiger charge is 2.27. The van der Waals surface area contributed by atoms with Crippen molar-refractivity contribution in [2.45, 2.75) is 51.9 Å². The van der Waals surface area contributed by atoms with E-state index in [1.807, 2.05) is 26.8 Å². The molecule has 30 heavy (non-hydrogen) atoms. The number of likely N-dealkylation sites (tertiary alicyclic amines) is 1. The lowest BCUT2D eigenvalue weighted by atomic mass is 10.1. The third-order valence-electron chi connectivity index (χ3n) is 4.43. The maximum Gasteiger partial charge on any atom is 0.410 e. The minimum atomic E-state index is -0.522. The number of nitrogens with zero attached hydrogens (tertiary/aromatic N) is 2. The quantitative estimate of drug-likeness (QED) is 0.642. The van der Waals surface area contributed by atoms with Crippen molar-refractivity contribution in [1.82, 2.24) is 9.88 Å². The number of benzene rings is 1. The summed E-state index contributed by atoms with van der Waals surface area (Å²) in [5.41, 5.74) is 0.110. The zero-order valence-electron chi connectivity index (χ0n) is 17.4. The monoisotopic (exact) mass is 436 g/mol. The van der Waals surface area contributed by atoms with Gasteiger partial charge < -0.3 is 19.1 Å². The third kappa shape index (κ3) is 6.49. The average Bonchev–Trinajstić information content (AvgIpc) is 2.67. The fourth-order valence-electron chi connectivity index (χ4n) is 3.00. The van der Waals surface area contributed by atoms with Crippen LogP contribution in [-0.2, 0) is 11.3 Å². The second-order valence-corrected chi connectivity index (χ2v) is 8.55. The van der Waals surface area contributed by atoms with Crippen LogP contribution in [0.15, 0.2) is 36.4 Å². The van der Waals surface area contributed by atoms with Gasteiger partial charge in [-0.05, 0) is 45.0 Å². The van der Waals surface area contributed by atoms with Crippen LogP contribution < -0.4 is 9.47 Å². The highest BCUT2D eigenvalue weighted by atomic mass is 35.5. The Morgan fingerprint density at radius 1 is 1.23 bits per heavy atom. The van der Waals surface area contributed by atoms with Crippen LogP contribution in [0.25, 0.3) is 0 Å². The summed E-state index contributed by atoms with van der Waals surface area (Å²) in [4.78, 5) is 18.3. The topological polar surface area (TPSA) is 60.9 Å². The van der Waals surface area contributed by atoms with Crippen LogP contribution in [-0.4, -0.2) is 40.8 Å². The molecule has 0 bridgehead atoms. The number of hydrogen-bond donors (Lipinski definition) is 0. The Bertz CT molecular complexity index is 880. The highest BCUT2D eigenvalue weighted by molar-refractivity contribution is 6.30. The molecule has 3 rings (SSSR count). The van der Waals surface area contributed by atoms with E-state index in [0.29, 0.717) is 42.5 Å². The molecular formula is C22H26ClFN2O4. The van der Waals surface area contributed by atoms with Gasteiger partial charge in [-0.1, -0.05) is 17.7 Å². The summed E-state index contributed by atoms with van der Waals surface area (Å²) in [5, 5.41) is 0.311. The molecule has 2 aromatic rings. The zero-order chi connectivity index (χ0) is 21.7. The van der Waals surface area contributed by atoms with Gasteiger partial charge >= 0.3 is 6.09 Å². The standard InChI is InChI=1S/C22H26ClFN2O4/c1-22(2,3)30-21(27)26-11-9-17(10-12-26)29-20-6-4-5-16(25-20)14-28-19-8-7-15(23)13-18(19)24/h4-8,13,17H,9-12,14H2,1-3H3. The molecule has 0 atom stereocenters. The zero-order valence-corrected chi connectivity index (χ0v) is 18.1. The molecule has 1 aromatic carbocycles. The molecule has 1 aliphatic heterocycles. The summed E-state index contributed by atoms with van der Waals surface area (Å²) < 4.78 is 30.7. The Hall–Kier alpha value is -2.54. The molecule has 6 nitrogen and oxygen atoms in total. The Balaban J connectivity index is 1.50. The number of amides is 1. The Morgan fingerprint density at radius 2 is 1.97 bits per heavy atom. The predicted molar refractivity (Wildman–Crippen MR) is 111 cm³/mol. The smallest absolute Gasteiger partial charge is 0.410 e. The number of rotatable bonds is 5. The van der Waals surface area contributed by atoms with Crippen molar-refractivity contribution < 1.29 is 23.4 Å². The van der Waals surface area contributed by atoms with Crippen molar-refractivity contribution in [2.75, 3.05) is 13.1 Å². The van der Waals surface area contributed by atoms with Crippen molar-refractivity contribution >= 4 is 17.7 Å². The van der Waals surface area contributed by atoms with Crippen LogP contribution in [0.5, 0.6) is 11.6 Å². The SMILES string of the molecule is CC(C)(C)OC(=O)N1CCC(Oc2cccc(COc3ccc(Cl)cc3F)n2)CC1. The lowest BCUT2D eigenvalue weighted by Gasteiger charge is -2.33. The maximum absolute atomic E-state index is 13.8. The molecule has 0 radical (unpaired) electrons. The van der Waals surface area contributed by atoms with E-state index in [9.17, 15) is 9.18 Å². The van der Waals surface area contributed by atoms with E-state index in [4.69, 9.17) is 25.8 Å². The molecule has 1 saturated heterocycles. The molecule has 0 saturated carbocycles. The van der Waals surface area contributed by atoms with E-state index >= 15 is 0 Å². The van der Waals surface area contributed by atoms with Crippen LogP contribution in [0.2, 0.25) is 5.02 Å². The van der Waals surface area contributed by atoms with Crippen molar-refractivity contribution in [3.8, 4) is 11.6 Å². The number of carbonyl (C=O) groups excluding carboxylic acids is 1. The molecule has 0 aliphatic carbocycles. The molecule has 0 spiro atoms. The van der Waals surface area contributed by atoms with E-state index < -0.39 is 11.4 Å². The van der Waals surface area contributed by atoms with Gasteiger partial charge in [0.2, 0.25) is 5.88 Å². The van der Waals surface area contributed by atoms with Gasteiger partial charge in [0.05, 0.1) is 5.69 Å². The van der Waals surface area contributed by atoms with Crippen LogP contribution >= 0.6 is 11.6 Å². The first-order chi connectivity index (χ1) is 14.2. The van der Waals surface area contributed by atoms with E-state index in [1.54, 1.807) is 23.1 Å². The normalized spacial score (nSPS) is 15.0. The minimum Gasteiger partial charge on any atom is -0.484 e. The summed E-state index contributed by atoms with van der Waals surface area (Å²) in [6.07, 6.45) is 1.05. The predicted octanol–water partition coefficient (Wildman–Crippen LogP) is 5.23. The summed E-state index contributed by atoms with van der Waals surface area (Å²) in [6, 6.07) is 9.62. The number of hydrogen-bond acceptors (Lipinski definition) is 5. The molecule has 0 N–H and O–H groups in total. The van der Waals surface area contributed by atoms with E-state index in [1.165, 1.54) is 12.1 Å². The van der Waals surface area contributed by atoms with E-state index in [0.717, 1.165) is 0 Å². The number of carbonyl (C=O) groups is 1. The van der Waals surface area contributed by atoms with Gasteiger partial charge in [-0.3, -0.25) is 0 Å². The summed E-state index contributed by atoms with van der Waals surface area (Å²) in [5.74, 6) is 0.0667. The van der Waals surface area contributed by atoms with Gasteiger partial charge in [-0.15, -0.1) is 0 Å².